The maximum Gasteiger partial charge on any atom is 0.0641 e. The number of hydrazine groups is 1. The fraction of sp³-hybridized carbons (Fsp3) is 0.600. The molecule has 1 rings (SSSR count). The lowest BCUT2D eigenvalue weighted by atomic mass is 9.92. The van der Waals surface area contributed by atoms with Crippen molar-refractivity contribution in [3.8, 4) is 0 Å². The van der Waals surface area contributed by atoms with Gasteiger partial charge in [0.05, 0.1) is 5.60 Å². The van der Waals surface area contributed by atoms with Gasteiger partial charge in [0.2, 0.25) is 0 Å². The molecule has 0 fully saturated rings. The Kier molecular flexibility index (Phi) is 5.32. The van der Waals surface area contributed by atoms with Crippen LogP contribution in [0.1, 0.15) is 57.2 Å². The molecule has 1 unspecified atom stereocenters. The topological polar surface area (TPSA) is 47.3 Å². The van der Waals surface area contributed by atoms with E-state index in [9.17, 15) is 0 Å². The molecule has 1 aromatic rings. The maximum absolute atomic E-state index is 5.66. The third kappa shape index (κ3) is 4.09. The van der Waals surface area contributed by atoms with Crippen LogP contribution in [0.3, 0.4) is 0 Å². The minimum Gasteiger partial charge on any atom is -0.379 e. The second-order valence-corrected chi connectivity index (χ2v) is 5.71. The summed E-state index contributed by atoms with van der Waals surface area (Å²) in [5, 5.41) is 0. The van der Waals surface area contributed by atoms with Crippen molar-refractivity contribution in [2.45, 2.75) is 51.7 Å². The fourth-order valence-corrected chi connectivity index (χ4v) is 1.96. The Morgan fingerprint density at radius 1 is 1.17 bits per heavy atom. The third-order valence-corrected chi connectivity index (χ3v) is 3.45. The Hall–Kier alpha value is -0.900. The van der Waals surface area contributed by atoms with Gasteiger partial charge in [0.15, 0.2) is 0 Å². The van der Waals surface area contributed by atoms with Crippen LogP contribution in [0.25, 0.3) is 0 Å². The number of ether oxygens (including phenoxy) is 1. The molecule has 102 valence electrons. The lowest BCUT2D eigenvalue weighted by molar-refractivity contribution is 0.00681. The van der Waals surface area contributed by atoms with Crippen LogP contribution in [-0.4, -0.2) is 12.7 Å². The Morgan fingerprint density at radius 3 is 2.06 bits per heavy atom. The van der Waals surface area contributed by atoms with E-state index in [4.69, 9.17) is 10.6 Å². The van der Waals surface area contributed by atoms with Gasteiger partial charge in [0.25, 0.3) is 0 Å². The normalized spacial score (nSPS) is 13.9. The highest BCUT2D eigenvalue weighted by molar-refractivity contribution is 5.27. The van der Waals surface area contributed by atoms with Crippen LogP contribution >= 0.6 is 0 Å². The Balaban J connectivity index is 2.82. The van der Waals surface area contributed by atoms with E-state index >= 15 is 0 Å². The van der Waals surface area contributed by atoms with E-state index in [1.54, 1.807) is 7.11 Å². The van der Waals surface area contributed by atoms with Crippen molar-refractivity contribution >= 4 is 0 Å². The Labute approximate surface area is 111 Å². The molecule has 18 heavy (non-hydrogen) atoms. The van der Waals surface area contributed by atoms with E-state index in [0.29, 0.717) is 5.92 Å². The molecule has 0 bridgehead atoms. The van der Waals surface area contributed by atoms with Crippen LogP contribution in [0.2, 0.25) is 0 Å². The summed E-state index contributed by atoms with van der Waals surface area (Å²) in [4.78, 5) is 0. The number of hydrogen-bond donors (Lipinski definition) is 2. The molecule has 0 aliphatic carbocycles. The zero-order chi connectivity index (χ0) is 13.8. The van der Waals surface area contributed by atoms with E-state index < -0.39 is 0 Å². The summed E-state index contributed by atoms with van der Waals surface area (Å²) in [5.74, 6) is 6.21. The van der Waals surface area contributed by atoms with Gasteiger partial charge in [0, 0.05) is 13.2 Å². The number of methoxy groups -OCH3 is 1. The van der Waals surface area contributed by atoms with Crippen molar-refractivity contribution in [2.24, 2.45) is 5.84 Å². The van der Waals surface area contributed by atoms with Crippen molar-refractivity contribution < 1.29 is 4.74 Å². The molecular weight excluding hydrogens is 224 g/mol. The molecule has 1 atom stereocenters. The van der Waals surface area contributed by atoms with Gasteiger partial charge in [-0.05, 0) is 37.3 Å². The first-order valence-electron chi connectivity index (χ1n) is 6.50. The predicted octanol–water partition coefficient (Wildman–Crippen LogP) is 3.13. The molecule has 0 spiro atoms. The molecular formula is C15H26N2O. The number of hydrogen-bond acceptors (Lipinski definition) is 3. The summed E-state index contributed by atoms with van der Waals surface area (Å²) in [6.45, 7) is 8.53. The Bertz CT molecular complexity index is 357. The molecule has 0 saturated heterocycles. The van der Waals surface area contributed by atoms with Gasteiger partial charge in [-0.3, -0.25) is 11.3 Å². The molecule has 3 nitrogen and oxygen atoms in total. The van der Waals surface area contributed by atoms with Crippen LogP contribution < -0.4 is 11.3 Å². The van der Waals surface area contributed by atoms with Crippen LogP contribution in [0.5, 0.6) is 0 Å². The van der Waals surface area contributed by atoms with Crippen LogP contribution in [0.4, 0.5) is 0 Å². The molecule has 3 N–H and O–H groups in total. The van der Waals surface area contributed by atoms with Gasteiger partial charge in [-0.1, -0.05) is 38.1 Å². The first kappa shape index (κ1) is 15.2. The zero-order valence-electron chi connectivity index (χ0n) is 12.2. The van der Waals surface area contributed by atoms with Gasteiger partial charge >= 0.3 is 0 Å². The van der Waals surface area contributed by atoms with Crippen LogP contribution in [-0.2, 0) is 4.74 Å². The Morgan fingerprint density at radius 2 is 1.67 bits per heavy atom. The standard InChI is InChI=1S/C15H26N2O/c1-11(2)12-6-8-13(9-7-12)14(17-16)10-15(3,4)18-5/h6-9,11,14,17H,10,16H2,1-5H3. The predicted molar refractivity (Wildman–Crippen MR) is 76.3 cm³/mol. The van der Waals surface area contributed by atoms with E-state index in [1.807, 2.05) is 0 Å². The SMILES string of the molecule is COC(C)(C)CC(NN)c1ccc(C(C)C)cc1. The zero-order valence-corrected chi connectivity index (χ0v) is 12.2. The summed E-state index contributed by atoms with van der Waals surface area (Å²) >= 11 is 0. The summed E-state index contributed by atoms with van der Waals surface area (Å²) in [7, 11) is 1.73. The van der Waals surface area contributed by atoms with Gasteiger partial charge in [-0.15, -0.1) is 0 Å². The smallest absolute Gasteiger partial charge is 0.0641 e. The summed E-state index contributed by atoms with van der Waals surface area (Å²) < 4.78 is 5.46. The van der Waals surface area contributed by atoms with E-state index in [2.05, 4.69) is 57.4 Å². The van der Waals surface area contributed by atoms with Crippen LogP contribution in [0, 0.1) is 0 Å². The first-order chi connectivity index (χ1) is 8.39. The second kappa shape index (κ2) is 6.32. The number of rotatable bonds is 6. The fourth-order valence-electron chi connectivity index (χ4n) is 1.96. The van der Waals surface area contributed by atoms with E-state index in [1.165, 1.54) is 11.1 Å². The highest BCUT2D eigenvalue weighted by Gasteiger charge is 2.23. The highest BCUT2D eigenvalue weighted by Crippen LogP contribution is 2.26. The second-order valence-electron chi connectivity index (χ2n) is 5.71. The van der Waals surface area contributed by atoms with Gasteiger partial charge < -0.3 is 4.74 Å². The van der Waals surface area contributed by atoms with Crippen molar-refractivity contribution in [1.82, 2.24) is 5.43 Å². The lowest BCUT2D eigenvalue weighted by Crippen LogP contribution is -2.35. The maximum atomic E-state index is 5.66. The lowest BCUT2D eigenvalue weighted by Gasteiger charge is -2.28. The number of nitrogens with two attached hydrogens (primary N) is 1. The number of nitrogens with one attached hydrogen (secondary N) is 1. The van der Waals surface area contributed by atoms with E-state index in [-0.39, 0.29) is 11.6 Å². The monoisotopic (exact) mass is 250 g/mol. The average Bonchev–Trinajstić information content (AvgIpc) is 2.36. The summed E-state index contributed by atoms with van der Waals surface area (Å²) in [6, 6.07) is 8.74. The minimum atomic E-state index is -0.187. The van der Waals surface area contributed by atoms with Crippen molar-refractivity contribution in [3.63, 3.8) is 0 Å². The van der Waals surface area contributed by atoms with Gasteiger partial charge in [-0.2, -0.15) is 0 Å². The summed E-state index contributed by atoms with van der Waals surface area (Å²) in [6.07, 6.45) is 0.834. The van der Waals surface area contributed by atoms with Crippen molar-refractivity contribution in [1.29, 1.82) is 0 Å². The highest BCUT2D eigenvalue weighted by atomic mass is 16.5. The summed E-state index contributed by atoms with van der Waals surface area (Å²) in [5.41, 5.74) is 5.24. The van der Waals surface area contributed by atoms with Crippen molar-refractivity contribution in [2.75, 3.05) is 7.11 Å². The molecule has 0 radical (unpaired) electrons. The molecule has 0 saturated carbocycles. The molecule has 0 aliphatic rings. The number of benzene rings is 1. The molecule has 0 heterocycles. The minimum absolute atomic E-state index is 0.112. The molecule has 0 amide bonds. The molecule has 0 aliphatic heterocycles. The molecule has 3 heteroatoms. The molecule has 0 aromatic heterocycles. The van der Waals surface area contributed by atoms with Crippen molar-refractivity contribution in [3.05, 3.63) is 35.4 Å². The van der Waals surface area contributed by atoms with Gasteiger partial charge in [-0.25, -0.2) is 0 Å². The molecule has 1 aromatic carbocycles. The van der Waals surface area contributed by atoms with Crippen LogP contribution in [0.15, 0.2) is 24.3 Å². The van der Waals surface area contributed by atoms with Gasteiger partial charge in [0.1, 0.15) is 0 Å². The first-order valence-corrected chi connectivity index (χ1v) is 6.50. The third-order valence-electron chi connectivity index (χ3n) is 3.45. The average molecular weight is 250 g/mol. The quantitative estimate of drug-likeness (QED) is 0.602. The largest absolute Gasteiger partial charge is 0.379 e. The van der Waals surface area contributed by atoms with E-state index in [0.717, 1.165) is 6.42 Å².